The van der Waals surface area contributed by atoms with Gasteiger partial charge >= 0.3 is 0 Å². The van der Waals surface area contributed by atoms with E-state index in [0.717, 1.165) is 31.6 Å². The molecule has 2 N–H and O–H groups in total. The van der Waals surface area contributed by atoms with E-state index in [9.17, 15) is 4.39 Å². The van der Waals surface area contributed by atoms with Gasteiger partial charge in [0.1, 0.15) is 5.82 Å². The first-order valence-electron chi connectivity index (χ1n) is 6.33. The Morgan fingerprint density at radius 2 is 1.72 bits per heavy atom. The Labute approximate surface area is 109 Å². The van der Waals surface area contributed by atoms with Gasteiger partial charge in [-0.05, 0) is 58.3 Å². The largest absolute Gasteiger partial charge is 0.323 e. The molecule has 0 aliphatic heterocycles. The van der Waals surface area contributed by atoms with Crippen molar-refractivity contribution in [2.45, 2.75) is 12.5 Å². The molecule has 1 unspecified atom stereocenters. The maximum Gasteiger partial charge on any atom is 0.123 e. The second-order valence-electron chi connectivity index (χ2n) is 5.08. The summed E-state index contributed by atoms with van der Waals surface area (Å²) in [4.78, 5) is 4.39. The zero-order valence-electron chi connectivity index (χ0n) is 11.6. The minimum atomic E-state index is -0.217. The Balaban J connectivity index is 2.34. The Bertz CT molecular complexity index is 337. The van der Waals surface area contributed by atoms with Gasteiger partial charge in [-0.1, -0.05) is 12.1 Å². The van der Waals surface area contributed by atoms with Crippen molar-refractivity contribution in [1.29, 1.82) is 0 Å². The number of likely N-dealkylation sites (N-methyl/N-ethyl adjacent to an activating group) is 1. The Hall–Kier alpha value is -0.970. The van der Waals surface area contributed by atoms with Gasteiger partial charge in [-0.2, -0.15) is 0 Å². The molecule has 0 aliphatic carbocycles. The molecule has 0 heterocycles. The standard InChI is InChI=1S/C14H24FN3/c1-17(2)9-4-10-18(3)11-14(16)12-5-7-13(15)8-6-12/h5-8,14H,4,9-11,16H2,1-3H3. The van der Waals surface area contributed by atoms with Crippen LogP contribution in [0.2, 0.25) is 0 Å². The van der Waals surface area contributed by atoms with Gasteiger partial charge in [0, 0.05) is 12.6 Å². The summed E-state index contributed by atoms with van der Waals surface area (Å²) in [6.45, 7) is 2.89. The van der Waals surface area contributed by atoms with Gasteiger partial charge in [-0.3, -0.25) is 0 Å². The van der Waals surface area contributed by atoms with E-state index in [1.807, 2.05) is 0 Å². The van der Waals surface area contributed by atoms with Crippen LogP contribution in [0, 0.1) is 5.82 Å². The zero-order valence-corrected chi connectivity index (χ0v) is 11.6. The minimum Gasteiger partial charge on any atom is -0.323 e. The average Bonchev–Trinajstić information content (AvgIpc) is 2.29. The molecule has 0 aliphatic rings. The van der Waals surface area contributed by atoms with Crippen LogP contribution in [-0.2, 0) is 0 Å². The summed E-state index contributed by atoms with van der Waals surface area (Å²) < 4.78 is 12.8. The summed E-state index contributed by atoms with van der Waals surface area (Å²) in [6, 6.07) is 6.37. The number of nitrogens with zero attached hydrogens (tertiary/aromatic N) is 2. The van der Waals surface area contributed by atoms with Crippen molar-refractivity contribution in [3.8, 4) is 0 Å². The lowest BCUT2D eigenvalue weighted by Gasteiger charge is -2.22. The Morgan fingerprint density at radius 3 is 2.28 bits per heavy atom. The van der Waals surface area contributed by atoms with E-state index >= 15 is 0 Å². The summed E-state index contributed by atoms with van der Waals surface area (Å²) >= 11 is 0. The van der Waals surface area contributed by atoms with Gasteiger partial charge in [0.05, 0.1) is 0 Å². The summed E-state index contributed by atoms with van der Waals surface area (Å²) in [7, 11) is 6.22. The van der Waals surface area contributed by atoms with Crippen LogP contribution in [0.5, 0.6) is 0 Å². The smallest absolute Gasteiger partial charge is 0.123 e. The summed E-state index contributed by atoms with van der Waals surface area (Å²) in [5.74, 6) is -0.217. The average molecular weight is 253 g/mol. The van der Waals surface area contributed by atoms with E-state index in [2.05, 4.69) is 30.9 Å². The fourth-order valence-electron chi connectivity index (χ4n) is 1.90. The highest BCUT2D eigenvalue weighted by Gasteiger charge is 2.09. The van der Waals surface area contributed by atoms with Crippen molar-refractivity contribution in [3.05, 3.63) is 35.6 Å². The fraction of sp³-hybridized carbons (Fsp3) is 0.571. The normalized spacial score (nSPS) is 13.3. The van der Waals surface area contributed by atoms with Crippen LogP contribution >= 0.6 is 0 Å². The van der Waals surface area contributed by atoms with E-state index in [-0.39, 0.29) is 11.9 Å². The van der Waals surface area contributed by atoms with E-state index in [1.165, 1.54) is 12.1 Å². The van der Waals surface area contributed by atoms with E-state index in [0.29, 0.717) is 0 Å². The van der Waals surface area contributed by atoms with Crippen molar-refractivity contribution in [2.75, 3.05) is 40.8 Å². The third-order valence-electron chi connectivity index (χ3n) is 2.95. The number of halogens is 1. The molecule has 3 nitrogen and oxygen atoms in total. The molecule has 0 saturated carbocycles. The first-order chi connectivity index (χ1) is 8.49. The molecule has 102 valence electrons. The minimum absolute atomic E-state index is 0.0602. The zero-order chi connectivity index (χ0) is 13.5. The Kier molecular flexibility index (Phi) is 6.25. The predicted molar refractivity (Wildman–Crippen MR) is 74.0 cm³/mol. The van der Waals surface area contributed by atoms with Crippen molar-refractivity contribution >= 4 is 0 Å². The van der Waals surface area contributed by atoms with E-state index in [1.54, 1.807) is 12.1 Å². The maximum atomic E-state index is 12.8. The molecule has 1 aromatic carbocycles. The second-order valence-corrected chi connectivity index (χ2v) is 5.08. The molecule has 0 aromatic heterocycles. The molecule has 1 atom stereocenters. The SMILES string of the molecule is CN(C)CCCN(C)CC(N)c1ccc(F)cc1. The van der Waals surface area contributed by atoms with Crippen LogP contribution in [0.4, 0.5) is 4.39 Å². The molecular formula is C14H24FN3. The maximum absolute atomic E-state index is 12.8. The highest BCUT2D eigenvalue weighted by molar-refractivity contribution is 5.19. The molecule has 0 bridgehead atoms. The van der Waals surface area contributed by atoms with E-state index in [4.69, 9.17) is 5.73 Å². The predicted octanol–water partition coefficient (Wildman–Crippen LogP) is 1.71. The quantitative estimate of drug-likeness (QED) is 0.803. The van der Waals surface area contributed by atoms with Gasteiger partial charge in [-0.25, -0.2) is 4.39 Å². The molecule has 0 spiro atoms. The molecule has 18 heavy (non-hydrogen) atoms. The second kappa shape index (κ2) is 7.46. The first kappa shape index (κ1) is 15.1. The molecule has 0 fully saturated rings. The third kappa shape index (κ3) is 5.58. The summed E-state index contributed by atoms with van der Waals surface area (Å²) in [5.41, 5.74) is 7.09. The highest BCUT2D eigenvalue weighted by Crippen LogP contribution is 2.12. The van der Waals surface area contributed by atoms with Gasteiger partial charge in [0.2, 0.25) is 0 Å². The lowest BCUT2D eigenvalue weighted by atomic mass is 10.1. The van der Waals surface area contributed by atoms with Crippen LogP contribution in [0.1, 0.15) is 18.0 Å². The van der Waals surface area contributed by atoms with Crippen molar-refractivity contribution in [3.63, 3.8) is 0 Å². The van der Waals surface area contributed by atoms with Crippen LogP contribution < -0.4 is 5.73 Å². The summed E-state index contributed by atoms with van der Waals surface area (Å²) in [5, 5.41) is 0. The van der Waals surface area contributed by atoms with Gasteiger partial charge in [0.25, 0.3) is 0 Å². The Morgan fingerprint density at radius 1 is 1.11 bits per heavy atom. The van der Waals surface area contributed by atoms with Crippen molar-refractivity contribution in [2.24, 2.45) is 5.73 Å². The number of nitrogens with two attached hydrogens (primary N) is 1. The number of benzene rings is 1. The first-order valence-corrected chi connectivity index (χ1v) is 6.33. The molecule has 0 saturated heterocycles. The fourth-order valence-corrected chi connectivity index (χ4v) is 1.90. The highest BCUT2D eigenvalue weighted by atomic mass is 19.1. The van der Waals surface area contributed by atoms with Crippen LogP contribution in [0.25, 0.3) is 0 Å². The molecule has 0 radical (unpaired) electrons. The monoisotopic (exact) mass is 253 g/mol. The molecule has 1 rings (SSSR count). The number of rotatable bonds is 7. The van der Waals surface area contributed by atoms with Crippen molar-refractivity contribution < 1.29 is 4.39 Å². The van der Waals surface area contributed by atoms with Crippen LogP contribution in [0.3, 0.4) is 0 Å². The third-order valence-corrected chi connectivity index (χ3v) is 2.95. The topological polar surface area (TPSA) is 32.5 Å². The van der Waals surface area contributed by atoms with Crippen molar-refractivity contribution in [1.82, 2.24) is 9.80 Å². The lowest BCUT2D eigenvalue weighted by molar-refractivity contribution is 0.286. The molecule has 4 heteroatoms. The van der Waals surface area contributed by atoms with Gasteiger partial charge in [0.15, 0.2) is 0 Å². The van der Waals surface area contributed by atoms with E-state index < -0.39 is 0 Å². The van der Waals surface area contributed by atoms with Gasteiger partial charge < -0.3 is 15.5 Å². The molecular weight excluding hydrogens is 229 g/mol. The van der Waals surface area contributed by atoms with Gasteiger partial charge in [-0.15, -0.1) is 0 Å². The number of hydrogen-bond acceptors (Lipinski definition) is 3. The molecule has 1 aromatic rings. The summed E-state index contributed by atoms with van der Waals surface area (Å²) in [6.07, 6.45) is 1.12. The van der Waals surface area contributed by atoms with Crippen LogP contribution in [0.15, 0.2) is 24.3 Å². The molecule has 0 amide bonds. The number of hydrogen-bond donors (Lipinski definition) is 1. The van der Waals surface area contributed by atoms with Crippen LogP contribution in [-0.4, -0.2) is 50.6 Å². The lowest BCUT2D eigenvalue weighted by Crippen LogP contribution is -2.31.